The molecule has 0 fully saturated rings. The summed E-state index contributed by atoms with van der Waals surface area (Å²) in [5, 5.41) is 0. The Labute approximate surface area is 103 Å². The molecule has 0 bridgehead atoms. The number of hydrogen-bond donors (Lipinski definition) is 1. The smallest absolute Gasteiger partial charge is 0.257 e. The van der Waals surface area contributed by atoms with Gasteiger partial charge in [0.2, 0.25) is 0 Å². The lowest BCUT2D eigenvalue weighted by atomic mass is 10.2. The molecule has 1 unspecified atom stereocenters. The first-order chi connectivity index (χ1) is 6.56. The van der Waals surface area contributed by atoms with Crippen LogP contribution >= 0.6 is 28.3 Å². The number of amides is 1. The Balaban J connectivity index is 0.00000196. The number of carbonyl (C=O) groups is 1. The zero-order valence-electron chi connectivity index (χ0n) is 8.57. The first kappa shape index (κ1) is 14.5. The van der Waals surface area contributed by atoms with Gasteiger partial charge in [0.05, 0.1) is 5.56 Å². The Kier molecular flexibility index (Phi) is 5.93. The maximum atomic E-state index is 11.7. The molecule has 4 nitrogen and oxygen atoms in total. The highest BCUT2D eigenvalue weighted by atomic mass is 79.9. The molecular weight excluding hydrogens is 283 g/mol. The summed E-state index contributed by atoms with van der Waals surface area (Å²) in [6.45, 7) is 2.34. The Morgan fingerprint density at radius 1 is 1.73 bits per heavy atom. The number of halogens is 2. The largest absolute Gasteiger partial charge is 0.457 e. The van der Waals surface area contributed by atoms with Gasteiger partial charge in [-0.15, -0.1) is 12.4 Å². The fourth-order valence-corrected chi connectivity index (χ4v) is 1.32. The molecule has 1 amide bonds. The van der Waals surface area contributed by atoms with Crippen molar-refractivity contribution < 1.29 is 9.21 Å². The normalized spacial score (nSPS) is 11.7. The maximum Gasteiger partial charge on any atom is 0.257 e. The lowest BCUT2D eigenvalue weighted by molar-refractivity contribution is 0.0747. The lowest BCUT2D eigenvalue weighted by Gasteiger charge is -2.22. The summed E-state index contributed by atoms with van der Waals surface area (Å²) >= 11 is 3.14. The summed E-state index contributed by atoms with van der Waals surface area (Å²) in [4.78, 5) is 13.3. The maximum absolute atomic E-state index is 11.7. The van der Waals surface area contributed by atoms with Gasteiger partial charge in [-0.3, -0.25) is 4.79 Å². The van der Waals surface area contributed by atoms with Gasteiger partial charge in [0, 0.05) is 25.7 Å². The van der Waals surface area contributed by atoms with Gasteiger partial charge in [-0.1, -0.05) is 0 Å². The van der Waals surface area contributed by atoms with Crippen molar-refractivity contribution in [3.63, 3.8) is 0 Å². The number of nitrogens with two attached hydrogens (primary N) is 1. The minimum atomic E-state index is -0.0857. The van der Waals surface area contributed by atoms with Gasteiger partial charge in [-0.25, -0.2) is 0 Å². The molecule has 2 N–H and O–H groups in total. The summed E-state index contributed by atoms with van der Waals surface area (Å²) in [7, 11) is 1.72. The molecule has 0 aliphatic rings. The third-order valence-electron chi connectivity index (χ3n) is 2.14. The van der Waals surface area contributed by atoms with Crippen LogP contribution in [0.3, 0.4) is 0 Å². The van der Waals surface area contributed by atoms with E-state index in [2.05, 4.69) is 15.9 Å². The van der Waals surface area contributed by atoms with Crippen LogP contribution in [-0.2, 0) is 0 Å². The van der Waals surface area contributed by atoms with Gasteiger partial charge in [0.1, 0.15) is 6.26 Å². The highest BCUT2D eigenvalue weighted by Gasteiger charge is 2.17. The van der Waals surface area contributed by atoms with Crippen LogP contribution in [0.1, 0.15) is 17.3 Å². The van der Waals surface area contributed by atoms with E-state index < -0.39 is 0 Å². The van der Waals surface area contributed by atoms with Gasteiger partial charge < -0.3 is 15.1 Å². The molecule has 1 aromatic heterocycles. The molecule has 0 radical (unpaired) electrons. The van der Waals surface area contributed by atoms with Crippen LogP contribution in [0.15, 0.2) is 21.4 Å². The van der Waals surface area contributed by atoms with Gasteiger partial charge in [-0.05, 0) is 22.9 Å². The number of carbonyl (C=O) groups excluding carboxylic acids is 1. The van der Waals surface area contributed by atoms with Gasteiger partial charge in [0.25, 0.3) is 5.91 Å². The predicted octanol–water partition coefficient (Wildman–Crippen LogP) is 1.88. The molecule has 1 heterocycles. The second-order valence-electron chi connectivity index (χ2n) is 3.14. The van der Waals surface area contributed by atoms with Gasteiger partial charge >= 0.3 is 0 Å². The number of furan rings is 1. The molecule has 86 valence electrons. The van der Waals surface area contributed by atoms with E-state index in [0.717, 1.165) is 0 Å². The predicted molar refractivity (Wildman–Crippen MR) is 64.3 cm³/mol. The van der Waals surface area contributed by atoms with Crippen molar-refractivity contribution in [1.82, 2.24) is 4.90 Å². The molecule has 0 aromatic carbocycles. The van der Waals surface area contributed by atoms with Gasteiger partial charge in [0.15, 0.2) is 4.67 Å². The van der Waals surface area contributed by atoms with E-state index in [9.17, 15) is 4.79 Å². The number of rotatable bonds is 3. The highest BCUT2D eigenvalue weighted by Crippen LogP contribution is 2.15. The molecule has 0 aliphatic heterocycles. The van der Waals surface area contributed by atoms with Crippen molar-refractivity contribution in [2.75, 3.05) is 13.6 Å². The van der Waals surface area contributed by atoms with Crippen LogP contribution in [0.4, 0.5) is 0 Å². The second kappa shape index (κ2) is 6.15. The fourth-order valence-electron chi connectivity index (χ4n) is 0.984. The van der Waals surface area contributed by atoms with E-state index in [-0.39, 0.29) is 24.4 Å². The molecule has 0 aliphatic carbocycles. The van der Waals surface area contributed by atoms with E-state index >= 15 is 0 Å². The van der Waals surface area contributed by atoms with Crippen LogP contribution in [0.25, 0.3) is 0 Å². The lowest BCUT2D eigenvalue weighted by Crippen LogP contribution is -2.39. The van der Waals surface area contributed by atoms with Crippen LogP contribution in [0.5, 0.6) is 0 Å². The first-order valence-corrected chi connectivity index (χ1v) is 5.06. The van der Waals surface area contributed by atoms with E-state index in [1.54, 1.807) is 18.0 Å². The van der Waals surface area contributed by atoms with Crippen molar-refractivity contribution in [2.24, 2.45) is 5.73 Å². The summed E-state index contributed by atoms with van der Waals surface area (Å²) in [5.41, 5.74) is 5.99. The summed E-state index contributed by atoms with van der Waals surface area (Å²) in [5.74, 6) is -0.0857. The zero-order chi connectivity index (χ0) is 10.7. The molecule has 0 saturated heterocycles. The highest BCUT2D eigenvalue weighted by molar-refractivity contribution is 9.10. The SMILES string of the molecule is CC(CN)N(C)C(=O)c1coc(Br)c1.Cl. The third kappa shape index (κ3) is 3.52. The minimum Gasteiger partial charge on any atom is -0.457 e. The number of nitrogens with zero attached hydrogens (tertiary/aromatic N) is 1. The summed E-state index contributed by atoms with van der Waals surface area (Å²) < 4.78 is 5.54. The average Bonchev–Trinajstić information content (AvgIpc) is 2.61. The monoisotopic (exact) mass is 296 g/mol. The van der Waals surface area contributed by atoms with Crippen molar-refractivity contribution in [3.05, 3.63) is 22.6 Å². The molecule has 0 saturated carbocycles. The van der Waals surface area contributed by atoms with E-state index in [4.69, 9.17) is 10.2 Å². The Morgan fingerprint density at radius 3 is 2.73 bits per heavy atom. The van der Waals surface area contributed by atoms with Crippen LogP contribution in [0.2, 0.25) is 0 Å². The quantitative estimate of drug-likeness (QED) is 0.927. The number of likely N-dealkylation sites (N-methyl/N-ethyl adjacent to an activating group) is 1. The van der Waals surface area contributed by atoms with Gasteiger partial charge in [-0.2, -0.15) is 0 Å². The molecule has 1 rings (SSSR count). The van der Waals surface area contributed by atoms with Crippen molar-refractivity contribution >= 4 is 34.2 Å². The van der Waals surface area contributed by atoms with Crippen molar-refractivity contribution in [2.45, 2.75) is 13.0 Å². The van der Waals surface area contributed by atoms with Crippen molar-refractivity contribution in [1.29, 1.82) is 0 Å². The fraction of sp³-hybridized carbons (Fsp3) is 0.444. The minimum absolute atomic E-state index is 0. The first-order valence-electron chi connectivity index (χ1n) is 4.27. The number of hydrogen-bond acceptors (Lipinski definition) is 3. The Hall–Kier alpha value is -0.520. The molecule has 1 aromatic rings. The van der Waals surface area contributed by atoms with E-state index in [1.807, 2.05) is 6.92 Å². The van der Waals surface area contributed by atoms with Crippen LogP contribution in [0, 0.1) is 0 Å². The summed E-state index contributed by atoms with van der Waals surface area (Å²) in [6.07, 6.45) is 1.42. The van der Waals surface area contributed by atoms with Crippen LogP contribution < -0.4 is 5.73 Å². The Morgan fingerprint density at radius 2 is 2.33 bits per heavy atom. The topological polar surface area (TPSA) is 59.5 Å². The molecule has 15 heavy (non-hydrogen) atoms. The standard InChI is InChI=1S/C9H13BrN2O2.ClH/c1-6(4-11)12(2)9(13)7-3-8(10)14-5-7;/h3,5-6H,4,11H2,1-2H3;1H. The Bertz CT molecular complexity index is 330. The third-order valence-corrected chi connectivity index (χ3v) is 2.55. The van der Waals surface area contributed by atoms with E-state index in [0.29, 0.717) is 16.8 Å². The van der Waals surface area contributed by atoms with E-state index in [1.165, 1.54) is 6.26 Å². The van der Waals surface area contributed by atoms with Crippen LogP contribution in [-0.4, -0.2) is 30.4 Å². The summed E-state index contributed by atoms with van der Waals surface area (Å²) in [6, 6.07) is 1.67. The molecule has 6 heteroatoms. The van der Waals surface area contributed by atoms with Crippen molar-refractivity contribution in [3.8, 4) is 0 Å². The molecule has 1 atom stereocenters. The average molecular weight is 298 g/mol. The molecular formula is C9H14BrClN2O2. The molecule has 0 spiro atoms. The zero-order valence-corrected chi connectivity index (χ0v) is 11.0. The second-order valence-corrected chi connectivity index (χ2v) is 3.92.